The molecule has 1 saturated carbocycles. The van der Waals surface area contributed by atoms with E-state index >= 15 is 0 Å². The first-order chi connectivity index (χ1) is 15.3. The van der Waals surface area contributed by atoms with Gasteiger partial charge in [-0.25, -0.2) is 4.52 Å². The summed E-state index contributed by atoms with van der Waals surface area (Å²) in [7, 11) is 0. The molecule has 172 valence electrons. The predicted octanol–water partition coefficient (Wildman–Crippen LogP) is 4.07. The fourth-order valence-electron chi connectivity index (χ4n) is 4.79. The topological polar surface area (TPSA) is 80.7 Å². The maximum absolute atomic E-state index is 12.9. The number of hydrogen-bond donors (Lipinski definition) is 1. The highest BCUT2D eigenvalue weighted by molar-refractivity contribution is 5.56. The predicted molar refractivity (Wildman–Crippen MR) is 111 cm³/mol. The third kappa shape index (κ3) is 3.95. The van der Waals surface area contributed by atoms with Crippen molar-refractivity contribution in [3.8, 4) is 5.75 Å². The van der Waals surface area contributed by atoms with Gasteiger partial charge in [0.25, 0.3) is 0 Å². The van der Waals surface area contributed by atoms with E-state index in [9.17, 15) is 13.2 Å². The van der Waals surface area contributed by atoms with Crippen LogP contribution in [0.3, 0.4) is 0 Å². The van der Waals surface area contributed by atoms with Crippen LogP contribution in [-0.4, -0.2) is 51.2 Å². The van der Waals surface area contributed by atoms with E-state index < -0.39 is 12.3 Å². The second-order valence-corrected chi connectivity index (χ2v) is 8.69. The quantitative estimate of drug-likeness (QED) is 0.628. The normalized spacial score (nSPS) is 24.5. The number of aromatic nitrogens is 4. The monoisotopic (exact) mass is 450 g/mol. The first kappa shape index (κ1) is 20.9. The minimum absolute atomic E-state index is 0.0483. The van der Waals surface area contributed by atoms with Gasteiger partial charge in [0.2, 0.25) is 11.8 Å². The van der Waals surface area contributed by atoms with Crippen LogP contribution in [0, 0.1) is 18.8 Å². The summed E-state index contributed by atoms with van der Waals surface area (Å²) in [5, 5.41) is 11.9. The van der Waals surface area contributed by atoms with Gasteiger partial charge in [-0.3, -0.25) is 0 Å². The van der Waals surface area contributed by atoms with Gasteiger partial charge in [0.15, 0.2) is 17.5 Å². The van der Waals surface area contributed by atoms with E-state index in [1.807, 2.05) is 13.0 Å². The van der Waals surface area contributed by atoms with Gasteiger partial charge in [0, 0.05) is 37.3 Å². The number of ether oxygens (including phenoxy) is 1. The number of aryl methyl sites for hydroxylation is 1. The van der Waals surface area contributed by atoms with Gasteiger partial charge in [-0.15, -0.1) is 5.10 Å². The molecular formula is C21H25F3N6O2. The minimum atomic E-state index is -4.46. The zero-order chi connectivity index (χ0) is 22.5. The number of halogens is 3. The largest absolute Gasteiger partial charge is 0.477 e. The van der Waals surface area contributed by atoms with Gasteiger partial charge in [0.05, 0.1) is 5.69 Å². The molecule has 4 atom stereocenters. The van der Waals surface area contributed by atoms with E-state index in [2.05, 4.69) is 25.5 Å². The number of anilines is 2. The molecule has 0 radical (unpaired) electrons. The van der Waals surface area contributed by atoms with Crippen LogP contribution in [0.15, 0.2) is 28.9 Å². The maximum atomic E-state index is 12.9. The van der Waals surface area contributed by atoms with Crippen molar-refractivity contribution in [1.29, 1.82) is 0 Å². The first-order valence-corrected chi connectivity index (χ1v) is 10.8. The summed E-state index contributed by atoms with van der Waals surface area (Å²) in [6, 6.07) is 5.18. The Hall–Kier alpha value is -2.98. The Balaban J connectivity index is 1.33. The second-order valence-electron chi connectivity index (χ2n) is 8.69. The molecule has 0 amide bonds. The van der Waals surface area contributed by atoms with Crippen LogP contribution in [0.1, 0.15) is 31.9 Å². The summed E-state index contributed by atoms with van der Waals surface area (Å²) in [5.41, 5.74) is 1.11. The zero-order valence-corrected chi connectivity index (χ0v) is 17.8. The average molecular weight is 450 g/mol. The molecule has 11 heteroatoms. The molecule has 1 aliphatic carbocycles. The molecule has 3 aromatic rings. The summed E-state index contributed by atoms with van der Waals surface area (Å²) in [6.07, 6.45) is -1.53. The lowest BCUT2D eigenvalue weighted by atomic mass is 9.78. The summed E-state index contributed by atoms with van der Waals surface area (Å²) in [6.45, 7) is 4.65. The molecule has 0 bridgehead atoms. The number of nitrogens with one attached hydrogen (secondary N) is 1. The third-order valence-electron chi connectivity index (χ3n) is 6.43. The molecule has 5 rings (SSSR count). The Labute approximate surface area is 182 Å². The molecule has 1 unspecified atom stereocenters. The molecule has 0 aromatic carbocycles. The van der Waals surface area contributed by atoms with E-state index in [4.69, 9.17) is 9.26 Å². The first-order valence-electron chi connectivity index (χ1n) is 10.8. The van der Waals surface area contributed by atoms with Gasteiger partial charge >= 0.3 is 6.18 Å². The van der Waals surface area contributed by atoms with Crippen molar-refractivity contribution in [2.45, 2.75) is 51.4 Å². The van der Waals surface area contributed by atoms with Crippen LogP contribution in [-0.2, 0) is 0 Å². The van der Waals surface area contributed by atoms with Gasteiger partial charge in [0.1, 0.15) is 0 Å². The molecule has 2 fully saturated rings. The van der Waals surface area contributed by atoms with Crippen molar-refractivity contribution in [3.63, 3.8) is 0 Å². The molecule has 2 aliphatic rings. The van der Waals surface area contributed by atoms with Gasteiger partial charge in [-0.05, 0) is 44.7 Å². The Kier molecular flexibility index (Phi) is 5.13. The summed E-state index contributed by atoms with van der Waals surface area (Å²) in [5.74, 6) is 2.14. The van der Waals surface area contributed by atoms with Crippen molar-refractivity contribution in [2.24, 2.45) is 11.8 Å². The van der Waals surface area contributed by atoms with Crippen molar-refractivity contribution < 1.29 is 22.4 Å². The van der Waals surface area contributed by atoms with Crippen LogP contribution in [0.5, 0.6) is 5.75 Å². The molecule has 1 saturated heterocycles. The number of fused-ring (bicyclic) bond motifs is 2. The van der Waals surface area contributed by atoms with E-state index in [0.717, 1.165) is 50.9 Å². The molecule has 0 spiro atoms. The van der Waals surface area contributed by atoms with Crippen molar-refractivity contribution in [3.05, 3.63) is 30.1 Å². The van der Waals surface area contributed by atoms with Crippen LogP contribution >= 0.6 is 0 Å². The molecule has 3 aromatic heterocycles. The summed E-state index contributed by atoms with van der Waals surface area (Å²) < 4.78 is 50.8. The Morgan fingerprint density at radius 2 is 2.12 bits per heavy atom. The maximum Gasteiger partial charge on any atom is 0.425 e. The summed E-state index contributed by atoms with van der Waals surface area (Å²) in [4.78, 5) is 6.68. The van der Waals surface area contributed by atoms with E-state index in [1.165, 1.54) is 10.6 Å². The number of alkyl halides is 3. The average Bonchev–Trinajstić information content (AvgIpc) is 3.45. The van der Waals surface area contributed by atoms with E-state index in [-0.39, 0.29) is 17.4 Å². The van der Waals surface area contributed by atoms with Crippen molar-refractivity contribution >= 4 is 17.5 Å². The van der Waals surface area contributed by atoms with Crippen molar-refractivity contribution in [1.82, 2.24) is 19.8 Å². The Morgan fingerprint density at radius 1 is 1.28 bits per heavy atom. The SMILES string of the molecule is Cc1cc(N2CC3CCC[C@@H](Nc4nc5c(O[C@@H](C)C(F)(F)F)cccn5n4)[C@@H]3C2)on1. The van der Waals surface area contributed by atoms with Crippen LogP contribution in [0.4, 0.5) is 25.0 Å². The molecule has 4 heterocycles. The highest BCUT2D eigenvalue weighted by Crippen LogP contribution is 2.39. The van der Waals surface area contributed by atoms with Crippen LogP contribution < -0.4 is 15.0 Å². The fourth-order valence-corrected chi connectivity index (χ4v) is 4.79. The second kappa shape index (κ2) is 7.86. The fraction of sp³-hybridized carbons (Fsp3) is 0.571. The van der Waals surface area contributed by atoms with E-state index in [1.54, 1.807) is 12.3 Å². The van der Waals surface area contributed by atoms with Gasteiger partial charge < -0.3 is 19.5 Å². The van der Waals surface area contributed by atoms with Crippen LogP contribution in [0.25, 0.3) is 5.65 Å². The van der Waals surface area contributed by atoms with Crippen LogP contribution in [0.2, 0.25) is 0 Å². The lowest BCUT2D eigenvalue weighted by Gasteiger charge is -2.32. The molecule has 1 N–H and O–H groups in total. The lowest BCUT2D eigenvalue weighted by Crippen LogP contribution is -2.37. The molecule has 1 aliphatic heterocycles. The minimum Gasteiger partial charge on any atom is -0.477 e. The smallest absolute Gasteiger partial charge is 0.425 e. The van der Waals surface area contributed by atoms with E-state index in [0.29, 0.717) is 17.8 Å². The molecule has 32 heavy (non-hydrogen) atoms. The van der Waals surface area contributed by atoms with Gasteiger partial charge in [-0.1, -0.05) is 11.6 Å². The number of rotatable bonds is 5. The molecule has 8 nitrogen and oxygen atoms in total. The molecular weight excluding hydrogens is 425 g/mol. The zero-order valence-electron chi connectivity index (χ0n) is 17.8. The number of hydrogen-bond acceptors (Lipinski definition) is 7. The summed E-state index contributed by atoms with van der Waals surface area (Å²) >= 11 is 0. The number of pyridine rings is 1. The standard InChI is InChI=1S/C21H25F3N6O2/c1-12-9-18(32-28-12)29-10-14-5-3-6-16(15(14)11-29)25-20-26-19-17(7-4-8-30(19)27-20)31-13(2)21(22,23)24/h4,7-9,13-16H,3,5-6,10-11H2,1-2H3,(H,25,27)/t13-,14?,15+,16+/m0/s1. The Bertz CT molecular complexity index is 1100. The van der Waals surface area contributed by atoms with Crippen molar-refractivity contribution in [2.75, 3.05) is 23.3 Å². The highest BCUT2D eigenvalue weighted by Gasteiger charge is 2.42. The highest BCUT2D eigenvalue weighted by atomic mass is 19.4. The lowest BCUT2D eigenvalue weighted by molar-refractivity contribution is -0.189. The van der Waals surface area contributed by atoms with Gasteiger partial charge in [-0.2, -0.15) is 18.2 Å². The third-order valence-corrected chi connectivity index (χ3v) is 6.43. The Morgan fingerprint density at radius 3 is 2.88 bits per heavy atom. The number of nitrogens with zero attached hydrogens (tertiary/aromatic N) is 5.